The maximum Gasteiger partial charge on any atom is 0.0667 e. The van der Waals surface area contributed by atoms with Crippen LogP contribution in [0, 0.1) is 11.8 Å². The smallest absolute Gasteiger partial charge is 0.0667 e. The molecule has 0 saturated carbocycles. The first-order chi connectivity index (χ1) is 7.61. The van der Waals surface area contributed by atoms with Crippen molar-refractivity contribution in [1.29, 1.82) is 0 Å². The zero-order valence-electron chi connectivity index (χ0n) is 11.5. The van der Waals surface area contributed by atoms with Gasteiger partial charge in [0, 0.05) is 13.7 Å². The molecule has 3 N–H and O–H groups in total. The highest BCUT2D eigenvalue weighted by Crippen LogP contribution is 2.19. The van der Waals surface area contributed by atoms with Gasteiger partial charge in [0.15, 0.2) is 0 Å². The summed E-state index contributed by atoms with van der Waals surface area (Å²) in [4.78, 5) is 0. The van der Waals surface area contributed by atoms with E-state index in [1.807, 2.05) is 0 Å². The molecule has 0 aromatic carbocycles. The average molecular weight is 230 g/mol. The Morgan fingerprint density at radius 3 is 2.38 bits per heavy atom. The van der Waals surface area contributed by atoms with Crippen molar-refractivity contribution >= 4 is 0 Å². The first kappa shape index (κ1) is 15.9. The van der Waals surface area contributed by atoms with Crippen LogP contribution >= 0.6 is 0 Å². The van der Waals surface area contributed by atoms with E-state index in [1.165, 1.54) is 12.8 Å². The number of nitrogens with one attached hydrogen (secondary N) is 1. The molecule has 0 heterocycles. The Bertz CT molecular complexity index is 151. The summed E-state index contributed by atoms with van der Waals surface area (Å²) in [5, 5.41) is 3.42. The van der Waals surface area contributed by atoms with E-state index in [0.717, 1.165) is 37.9 Å². The van der Waals surface area contributed by atoms with Gasteiger partial charge < -0.3 is 15.8 Å². The molecule has 0 spiro atoms. The lowest BCUT2D eigenvalue weighted by Gasteiger charge is -2.20. The molecule has 0 radical (unpaired) electrons. The fourth-order valence-electron chi connectivity index (χ4n) is 1.90. The maximum atomic E-state index is 5.62. The standard InChI is InChI=1S/C13H30N2O/c1-11(2)13(7-8-14)6-5-9-15-10-12(3)16-4/h11-13,15H,5-10,14H2,1-4H3. The van der Waals surface area contributed by atoms with Crippen LogP contribution in [0.5, 0.6) is 0 Å². The van der Waals surface area contributed by atoms with Crippen molar-refractivity contribution < 1.29 is 4.74 Å². The molecule has 0 saturated heterocycles. The molecule has 0 aliphatic rings. The van der Waals surface area contributed by atoms with Crippen molar-refractivity contribution in [2.75, 3.05) is 26.7 Å². The quantitative estimate of drug-likeness (QED) is 0.564. The number of hydrogen-bond acceptors (Lipinski definition) is 3. The Balaban J connectivity index is 3.47. The van der Waals surface area contributed by atoms with Gasteiger partial charge >= 0.3 is 0 Å². The van der Waals surface area contributed by atoms with E-state index in [9.17, 15) is 0 Å². The third-order valence-corrected chi connectivity index (χ3v) is 3.24. The molecule has 2 atom stereocenters. The van der Waals surface area contributed by atoms with Crippen molar-refractivity contribution in [3.05, 3.63) is 0 Å². The molecule has 0 bridgehead atoms. The number of methoxy groups -OCH3 is 1. The van der Waals surface area contributed by atoms with Gasteiger partial charge in [-0.05, 0) is 51.1 Å². The monoisotopic (exact) mass is 230 g/mol. The summed E-state index contributed by atoms with van der Waals surface area (Å²) in [6, 6.07) is 0. The Hall–Kier alpha value is -0.120. The molecule has 0 aliphatic carbocycles. The minimum atomic E-state index is 0.310. The van der Waals surface area contributed by atoms with Crippen LogP contribution in [-0.4, -0.2) is 32.8 Å². The maximum absolute atomic E-state index is 5.62. The van der Waals surface area contributed by atoms with Crippen LogP contribution in [0.2, 0.25) is 0 Å². The summed E-state index contributed by atoms with van der Waals surface area (Å²) < 4.78 is 5.18. The van der Waals surface area contributed by atoms with Crippen molar-refractivity contribution in [3.63, 3.8) is 0 Å². The summed E-state index contributed by atoms with van der Waals surface area (Å²) in [7, 11) is 1.75. The summed E-state index contributed by atoms with van der Waals surface area (Å²) >= 11 is 0. The van der Waals surface area contributed by atoms with Gasteiger partial charge in [-0.25, -0.2) is 0 Å². The van der Waals surface area contributed by atoms with Gasteiger partial charge in [-0.2, -0.15) is 0 Å². The lowest BCUT2D eigenvalue weighted by atomic mass is 9.88. The fraction of sp³-hybridized carbons (Fsp3) is 1.00. The Morgan fingerprint density at radius 1 is 1.19 bits per heavy atom. The van der Waals surface area contributed by atoms with Crippen molar-refractivity contribution in [2.24, 2.45) is 17.6 Å². The molecule has 0 rings (SSSR count). The molecular formula is C13H30N2O. The van der Waals surface area contributed by atoms with Crippen molar-refractivity contribution in [1.82, 2.24) is 5.32 Å². The Kier molecular flexibility index (Phi) is 9.99. The molecule has 98 valence electrons. The molecule has 16 heavy (non-hydrogen) atoms. The van der Waals surface area contributed by atoms with Gasteiger partial charge in [-0.15, -0.1) is 0 Å². The van der Waals surface area contributed by atoms with Gasteiger partial charge in [0.25, 0.3) is 0 Å². The first-order valence-electron chi connectivity index (χ1n) is 6.55. The molecule has 3 nitrogen and oxygen atoms in total. The average Bonchev–Trinajstić information content (AvgIpc) is 2.26. The Labute approximate surface area is 101 Å². The molecule has 0 amide bonds. The van der Waals surface area contributed by atoms with Gasteiger partial charge in [-0.3, -0.25) is 0 Å². The second-order valence-corrected chi connectivity index (χ2v) is 4.97. The van der Waals surface area contributed by atoms with Crippen LogP contribution in [0.1, 0.15) is 40.0 Å². The number of hydrogen-bond donors (Lipinski definition) is 2. The zero-order valence-corrected chi connectivity index (χ0v) is 11.5. The lowest BCUT2D eigenvalue weighted by Crippen LogP contribution is -2.27. The minimum Gasteiger partial charge on any atom is -0.380 e. The van der Waals surface area contributed by atoms with E-state index in [4.69, 9.17) is 10.5 Å². The van der Waals surface area contributed by atoms with E-state index in [2.05, 4.69) is 26.1 Å². The third kappa shape index (κ3) is 8.08. The number of rotatable bonds is 10. The van der Waals surface area contributed by atoms with Gasteiger partial charge in [0.05, 0.1) is 6.10 Å². The van der Waals surface area contributed by atoms with Gasteiger partial charge in [-0.1, -0.05) is 13.8 Å². The van der Waals surface area contributed by atoms with Crippen LogP contribution in [0.15, 0.2) is 0 Å². The lowest BCUT2D eigenvalue weighted by molar-refractivity contribution is 0.117. The van der Waals surface area contributed by atoms with E-state index in [-0.39, 0.29) is 0 Å². The number of nitrogens with two attached hydrogens (primary N) is 1. The second kappa shape index (κ2) is 10.1. The molecule has 0 aromatic heterocycles. The molecule has 0 aromatic rings. The summed E-state index contributed by atoms with van der Waals surface area (Å²) in [5.74, 6) is 1.54. The van der Waals surface area contributed by atoms with Crippen LogP contribution in [0.3, 0.4) is 0 Å². The van der Waals surface area contributed by atoms with E-state index in [0.29, 0.717) is 6.10 Å². The highest BCUT2D eigenvalue weighted by Gasteiger charge is 2.11. The highest BCUT2D eigenvalue weighted by atomic mass is 16.5. The fourth-order valence-corrected chi connectivity index (χ4v) is 1.90. The molecule has 3 heteroatoms. The topological polar surface area (TPSA) is 47.3 Å². The van der Waals surface area contributed by atoms with Gasteiger partial charge in [0.1, 0.15) is 0 Å². The summed E-state index contributed by atoms with van der Waals surface area (Å²) in [5.41, 5.74) is 5.62. The SMILES string of the molecule is COC(C)CNCCCC(CCN)C(C)C. The van der Waals surface area contributed by atoms with Crippen LogP contribution in [-0.2, 0) is 4.74 Å². The summed E-state index contributed by atoms with van der Waals surface area (Å²) in [6.07, 6.45) is 3.99. The molecule has 0 aliphatic heterocycles. The van der Waals surface area contributed by atoms with Crippen molar-refractivity contribution in [2.45, 2.75) is 46.1 Å². The Morgan fingerprint density at radius 2 is 1.88 bits per heavy atom. The molecule has 0 fully saturated rings. The minimum absolute atomic E-state index is 0.310. The van der Waals surface area contributed by atoms with E-state index < -0.39 is 0 Å². The van der Waals surface area contributed by atoms with Gasteiger partial charge in [0.2, 0.25) is 0 Å². The molecule has 2 unspecified atom stereocenters. The zero-order chi connectivity index (χ0) is 12.4. The normalized spacial score (nSPS) is 15.4. The van der Waals surface area contributed by atoms with Crippen molar-refractivity contribution in [3.8, 4) is 0 Å². The molecular weight excluding hydrogens is 200 g/mol. The predicted octanol–water partition coefficient (Wildman–Crippen LogP) is 2.01. The predicted molar refractivity (Wildman–Crippen MR) is 70.6 cm³/mol. The van der Waals surface area contributed by atoms with Crippen LogP contribution in [0.25, 0.3) is 0 Å². The van der Waals surface area contributed by atoms with Crippen LogP contribution in [0.4, 0.5) is 0 Å². The number of ether oxygens (including phenoxy) is 1. The third-order valence-electron chi connectivity index (χ3n) is 3.24. The summed E-state index contributed by atoms with van der Waals surface area (Å²) in [6.45, 7) is 9.51. The first-order valence-corrected chi connectivity index (χ1v) is 6.55. The van der Waals surface area contributed by atoms with E-state index in [1.54, 1.807) is 7.11 Å². The van der Waals surface area contributed by atoms with E-state index >= 15 is 0 Å². The largest absolute Gasteiger partial charge is 0.380 e. The highest BCUT2D eigenvalue weighted by molar-refractivity contribution is 4.65. The van der Waals surface area contributed by atoms with Crippen LogP contribution < -0.4 is 11.1 Å². The second-order valence-electron chi connectivity index (χ2n) is 4.97.